The average molecular weight is 755 g/mol. The zero-order valence-electron chi connectivity index (χ0n) is 26.4. The van der Waals surface area contributed by atoms with Gasteiger partial charge < -0.3 is 27.3 Å². The summed E-state index contributed by atoms with van der Waals surface area (Å²) in [4.78, 5) is 24.9. The SMILES string of the molecule is COc1cc(C)cc2c(OS(=O)(=O)C(F)(F)F)cc(-c3cc(OS(=O)(=O)C(F)(F)F)c4cc(C)cc(OC)c4c3OC(C)=O)c(OC(C)=O)c12. The van der Waals surface area contributed by atoms with Crippen LogP contribution in [0.15, 0.2) is 36.4 Å². The molecule has 0 heterocycles. The van der Waals surface area contributed by atoms with E-state index in [1.165, 1.54) is 26.0 Å². The lowest BCUT2D eigenvalue weighted by atomic mass is 9.93. The second-order valence-electron chi connectivity index (χ2n) is 10.4. The van der Waals surface area contributed by atoms with Crippen molar-refractivity contribution in [2.24, 2.45) is 0 Å². The quantitative estimate of drug-likeness (QED) is 0.0594. The van der Waals surface area contributed by atoms with Gasteiger partial charge in [-0.1, -0.05) is 0 Å². The van der Waals surface area contributed by atoms with Gasteiger partial charge in [-0.05, 0) is 61.4 Å². The Morgan fingerprint density at radius 1 is 0.560 bits per heavy atom. The first-order valence-corrected chi connectivity index (χ1v) is 16.4. The van der Waals surface area contributed by atoms with E-state index in [9.17, 15) is 52.8 Å². The Bertz CT molecular complexity index is 2120. The molecule has 0 N–H and O–H groups in total. The van der Waals surface area contributed by atoms with E-state index >= 15 is 0 Å². The molecule has 270 valence electrons. The van der Waals surface area contributed by atoms with E-state index in [1.54, 1.807) is 0 Å². The molecule has 0 spiro atoms. The van der Waals surface area contributed by atoms with Crippen LogP contribution in [-0.4, -0.2) is 54.0 Å². The highest BCUT2D eigenvalue weighted by atomic mass is 32.2. The molecular weight excluding hydrogens is 730 g/mol. The number of alkyl halides is 6. The number of fused-ring (bicyclic) bond motifs is 2. The molecule has 50 heavy (non-hydrogen) atoms. The van der Waals surface area contributed by atoms with Gasteiger partial charge in [0.05, 0.1) is 25.0 Å². The number of ether oxygens (including phenoxy) is 4. The molecule has 0 radical (unpaired) electrons. The molecule has 4 aromatic carbocycles. The molecule has 0 aliphatic carbocycles. The Kier molecular flexibility index (Phi) is 9.87. The molecule has 0 saturated heterocycles. The first-order chi connectivity index (χ1) is 22.9. The van der Waals surface area contributed by atoms with Gasteiger partial charge >= 0.3 is 43.2 Å². The van der Waals surface area contributed by atoms with E-state index in [1.807, 2.05) is 0 Å². The van der Waals surface area contributed by atoms with Crippen molar-refractivity contribution in [3.63, 3.8) is 0 Å². The third-order valence-corrected chi connectivity index (χ3v) is 8.64. The maximum Gasteiger partial charge on any atom is 0.534 e. The van der Waals surface area contributed by atoms with Gasteiger partial charge in [0.2, 0.25) is 0 Å². The topological polar surface area (TPSA) is 158 Å². The lowest BCUT2D eigenvalue weighted by molar-refractivity contribution is -0.132. The van der Waals surface area contributed by atoms with Gasteiger partial charge in [0.1, 0.15) is 11.5 Å². The first-order valence-electron chi connectivity index (χ1n) is 13.6. The molecule has 0 aliphatic rings. The molecule has 12 nitrogen and oxygen atoms in total. The fourth-order valence-corrected chi connectivity index (χ4v) is 5.81. The maximum atomic E-state index is 13.6. The lowest BCUT2D eigenvalue weighted by Crippen LogP contribution is -2.28. The van der Waals surface area contributed by atoms with E-state index in [2.05, 4.69) is 8.37 Å². The number of halogens is 6. The molecule has 0 aromatic heterocycles. The van der Waals surface area contributed by atoms with E-state index < -0.39 is 98.9 Å². The normalized spacial score (nSPS) is 12.5. The highest BCUT2D eigenvalue weighted by Crippen LogP contribution is 2.53. The third kappa shape index (κ3) is 7.16. The number of esters is 2. The van der Waals surface area contributed by atoms with Crippen LogP contribution in [-0.2, 0) is 29.8 Å². The van der Waals surface area contributed by atoms with Crippen LogP contribution in [0.25, 0.3) is 32.7 Å². The summed E-state index contributed by atoms with van der Waals surface area (Å²) >= 11 is 0. The van der Waals surface area contributed by atoms with Crippen LogP contribution in [0.1, 0.15) is 25.0 Å². The molecule has 0 bridgehead atoms. The van der Waals surface area contributed by atoms with E-state index in [0.29, 0.717) is 12.1 Å². The second kappa shape index (κ2) is 13.0. The summed E-state index contributed by atoms with van der Waals surface area (Å²) in [7, 11) is -10.6. The van der Waals surface area contributed by atoms with Crippen molar-refractivity contribution >= 4 is 53.7 Å². The Morgan fingerprint density at radius 2 is 0.880 bits per heavy atom. The van der Waals surface area contributed by atoms with E-state index in [-0.39, 0.29) is 22.6 Å². The molecule has 0 atom stereocenters. The van der Waals surface area contributed by atoms with Crippen LogP contribution in [0.4, 0.5) is 26.3 Å². The molecule has 0 aliphatic heterocycles. The Balaban J connectivity index is 2.37. The summed E-state index contributed by atoms with van der Waals surface area (Å²) in [5, 5.41) is -1.63. The summed E-state index contributed by atoms with van der Waals surface area (Å²) in [6, 6.07) is 6.12. The highest BCUT2D eigenvalue weighted by Gasteiger charge is 2.50. The zero-order valence-corrected chi connectivity index (χ0v) is 28.1. The van der Waals surface area contributed by atoms with E-state index in [4.69, 9.17) is 18.9 Å². The van der Waals surface area contributed by atoms with Crippen molar-refractivity contribution in [3.05, 3.63) is 47.5 Å². The van der Waals surface area contributed by atoms with Crippen molar-refractivity contribution in [3.8, 4) is 45.6 Å². The molecular formula is C30H24F6O12S2. The van der Waals surface area contributed by atoms with E-state index in [0.717, 1.165) is 40.2 Å². The smallest absolute Gasteiger partial charge is 0.496 e. The van der Waals surface area contributed by atoms with Crippen LogP contribution in [0.2, 0.25) is 0 Å². The number of aryl methyl sites for hydroxylation is 2. The summed E-state index contributed by atoms with van der Waals surface area (Å²) in [5.41, 5.74) is -12.7. The van der Waals surface area contributed by atoms with Crippen LogP contribution in [0, 0.1) is 13.8 Å². The Morgan fingerprint density at radius 3 is 1.14 bits per heavy atom. The zero-order chi connectivity index (χ0) is 37.7. The Hall–Kier alpha value is -4.98. The van der Waals surface area contributed by atoms with Gasteiger partial charge in [-0.25, -0.2) is 0 Å². The van der Waals surface area contributed by atoms with Crippen LogP contribution >= 0.6 is 0 Å². The van der Waals surface area contributed by atoms with Crippen molar-refractivity contribution in [1.82, 2.24) is 0 Å². The minimum atomic E-state index is -6.42. The summed E-state index contributed by atoms with van der Waals surface area (Å²) in [6.07, 6.45) is 0. The van der Waals surface area contributed by atoms with Gasteiger partial charge in [0, 0.05) is 35.7 Å². The minimum absolute atomic E-state index is 0.230. The van der Waals surface area contributed by atoms with Gasteiger partial charge in [-0.3, -0.25) is 9.59 Å². The number of carbonyl (C=O) groups is 2. The summed E-state index contributed by atoms with van der Waals surface area (Å²) < 4.78 is 161. The summed E-state index contributed by atoms with van der Waals surface area (Å²) in [6.45, 7) is 4.70. The fraction of sp³-hybridized carbons (Fsp3) is 0.267. The largest absolute Gasteiger partial charge is 0.534 e. The van der Waals surface area contributed by atoms with Crippen molar-refractivity contribution in [2.75, 3.05) is 14.2 Å². The number of hydrogen-bond donors (Lipinski definition) is 0. The first kappa shape index (κ1) is 37.8. The fourth-order valence-electron chi connectivity index (χ4n) is 4.87. The van der Waals surface area contributed by atoms with Crippen molar-refractivity contribution in [2.45, 2.75) is 38.7 Å². The number of methoxy groups -OCH3 is 2. The Labute approximate surface area is 279 Å². The molecule has 0 fully saturated rings. The van der Waals surface area contributed by atoms with Gasteiger partial charge in [-0.15, -0.1) is 0 Å². The predicted molar refractivity (Wildman–Crippen MR) is 163 cm³/mol. The number of carbonyl (C=O) groups excluding carboxylic acids is 2. The monoisotopic (exact) mass is 754 g/mol. The third-order valence-electron chi connectivity index (χ3n) is 6.71. The van der Waals surface area contributed by atoms with Gasteiger partial charge in [0.15, 0.2) is 23.0 Å². The molecule has 4 aromatic rings. The van der Waals surface area contributed by atoms with Crippen molar-refractivity contribution < 1.29 is 80.1 Å². The van der Waals surface area contributed by atoms with Crippen LogP contribution < -0.4 is 27.3 Å². The minimum Gasteiger partial charge on any atom is -0.496 e. The van der Waals surface area contributed by atoms with Crippen molar-refractivity contribution in [1.29, 1.82) is 0 Å². The number of hydrogen-bond acceptors (Lipinski definition) is 12. The second-order valence-corrected chi connectivity index (χ2v) is 13.5. The standard InChI is InChI=1S/C30H24F6O12S2/c1-13-7-19-21(47-49(39,40)29(31,32)33)11-17(27(45-15(3)37)25(19)23(9-13)43-5)18-12-22(48-50(41,42)30(34,35)36)20-8-14(2)10-24(44-6)26(20)28(18)46-16(4)38/h7-12H,1-6H3. The number of benzene rings is 4. The van der Waals surface area contributed by atoms with Gasteiger partial charge in [0.25, 0.3) is 0 Å². The lowest BCUT2D eigenvalue weighted by Gasteiger charge is -2.22. The molecule has 4 rings (SSSR count). The van der Waals surface area contributed by atoms with Crippen LogP contribution in [0.3, 0.4) is 0 Å². The number of rotatable bonds is 9. The average Bonchev–Trinajstić information content (AvgIpc) is 2.96. The molecule has 0 amide bonds. The maximum absolute atomic E-state index is 13.6. The molecule has 20 heteroatoms. The molecule has 0 saturated carbocycles. The summed E-state index contributed by atoms with van der Waals surface area (Å²) in [5.74, 6) is -6.00. The predicted octanol–water partition coefficient (Wildman–Crippen LogP) is 6.60. The highest BCUT2D eigenvalue weighted by molar-refractivity contribution is 7.88. The van der Waals surface area contributed by atoms with Crippen LogP contribution in [0.5, 0.6) is 34.5 Å². The molecule has 0 unspecified atom stereocenters. The van der Waals surface area contributed by atoms with Gasteiger partial charge in [-0.2, -0.15) is 43.2 Å².